The van der Waals surface area contributed by atoms with E-state index in [0.29, 0.717) is 18.0 Å². The maximum absolute atomic E-state index is 3.82. The molecule has 0 aliphatic carbocycles. The second-order valence-corrected chi connectivity index (χ2v) is 5.19. The van der Waals surface area contributed by atoms with Crippen LogP contribution in [0.4, 0.5) is 0 Å². The van der Waals surface area contributed by atoms with Gasteiger partial charge in [-0.05, 0) is 45.2 Å². The van der Waals surface area contributed by atoms with Crippen LogP contribution in [0.1, 0.15) is 40.0 Å². The second-order valence-electron chi connectivity index (χ2n) is 5.19. The van der Waals surface area contributed by atoms with Crippen molar-refractivity contribution in [3.63, 3.8) is 0 Å². The van der Waals surface area contributed by atoms with Crippen LogP contribution >= 0.6 is 0 Å². The summed E-state index contributed by atoms with van der Waals surface area (Å²) in [5.41, 5.74) is 0. The minimum Gasteiger partial charge on any atom is -0.310 e. The number of likely N-dealkylation sites (N-methyl/N-ethyl adjacent to an activating group) is 1. The molecule has 2 heteroatoms. The summed E-state index contributed by atoms with van der Waals surface area (Å²) in [6.45, 7) is 14.4. The number of nitrogens with zero attached hydrogens (tertiary/aromatic N) is 1. The third-order valence-electron chi connectivity index (χ3n) is 3.84. The van der Waals surface area contributed by atoms with Crippen molar-refractivity contribution in [3.8, 4) is 0 Å². The number of rotatable bonds is 6. The fraction of sp³-hybridized carbons (Fsp3) is 0.857. The number of allylic oxidation sites excluding steroid dienone is 1. The van der Waals surface area contributed by atoms with Crippen molar-refractivity contribution in [1.29, 1.82) is 0 Å². The lowest BCUT2D eigenvalue weighted by Gasteiger charge is -2.35. The molecule has 0 aromatic heterocycles. The molecule has 0 bridgehead atoms. The molecule has 0 saturated carbocycles. The predicted molar refractivity (Wildman–Crippen MR) is 71.7 cm³/mol. The van der Waals surface area contributed by atoms with Gasteiger partial charge in [0.05, 0.1) is 0 Å². The molecule has 1 heterocycles. The van der Waals surface area contributed by atoms with Crippen molar-refractivity contribution in [2.75, 3.05) is 19.6 Å². The van der Waals surface area contributed by atoms with Crippen LogP contribution in [-0.4, -0.2) is 36.6 Å². The van der Waals surface area contributed by atoms with Gasteiger partial charge in [-0.3, -0.25) is 0 Å². The van der Waals surface area contributed by atoms with Crippen LogP contribution in [-0.2, 0) is 0 Å². The number of hydrogen-bond donors (Lipinski definition) is 1. The fourth-order valence-corrected chi connectivity index (χ4v) is 2.48. The van der Waals surface area contributed by atoms with Crippen molar-refractivity contribution >= 4 is 0 Å². The summed E-state index contributed by atoms with van der Waals surface area (Å²) >= 11 is 0. The molecular weight excluding hydrogens is 196 g/mol. The van der Waals surface area contributed by atoms with E-state index in [1.807, 2.05) is 6.08 Å². The van der Waals surface area contributed by atoms with Crippen LogP contribution in [0.5, 0.6) is 0 Å². The van der Waals surface area contributed by atoms with E-state index in [0.717, 1.165) is 6.42 Å². The molecule has 0 aromatic carbocycles. The molecule has 94 valence electrons. The maximum atomic E-state index is 3.82. The van der Waals surface area contributed by atoms with E-state index >= 15 is 0 Å². The van der Waals surface area contributed by atoms with Gasteiger partial charge >= 0.3 is 0 Å². The molecule has 1 aliphatic heterocycles. The quantitative estimate of drug-likeness (QED) is 0.698. The van der Waals surface area contributed by atoms with Crippen molar-refractivity contribution in [3.05, 3.63) is 12.7 Å². The van der Waals surface area contributed by atoms with Gasteiger partial charge in [-0.25, -0.2) is 0 Å². The number of likely N-dealkylation sites (tertiary alicyclic amines) is 1. The van der Waals surface area contributed by atoms with Gasteiger partial charge in [0.15, 0.2) is 0 Å². The topological polar surface area (TPSA) is 15.3 Å². The lowest BCUT2D eigenvalue weighted by molar-refractivity contribution is 0.184. The second kappa shape index (κ2) is 7.08. The zero-order valence-electron chi connectivity index (χ0n) is 11.2. The Kier molecular flexibility index (Phi) is 6.07. The summed E-state index contributed by atoms with van der Waals surface area (Å²) in [6.07, 6.45) is 5.82. The zero-order valence-corrected chi connectivity index (χ0v) is 11.2. The van der Waals surface area contributed by atoms with E-state index in [1.54, 1.807) is 0 Å². The standard InChI is InChI=1S/C14H28N2/c1-5-8-12(3)13(4)15-14-9-7-10-16(6-2)11-14/h5,12-15H,1,6-11H2,2-4H3. The van der Waals surface area contributed by atoms with Crippen LogP contribution < -0.4 is 5.32 Å². The largest absolute Gasteiger partial charge is 0.310 e. The Hall–Kier alpha value is -0.340. The van der Waals surface area contributed by atoms with E-state index in [-0.39, 0.29) is 0 Å². The van der Waals surface area contributed by atoms with Crippen LogP contribution in [0.15, 0.2) is 12.7 Å². The number of hydrogen-bond acceptors (Lipinski definition) is 2. The minimum absolute atomic E-state index is 0.597. The zero-order chi connectivity index (χ0) is 12.0. The molecule has 16 heavy (non-hydrogen) atoms. The Morgan fingerprint density at radius 1 is 1.50 bits per heavy atom. The van der Waals surface area contributed by atoms with Crippen molar-refractivity contribution in [2.45, 2.75) is 52.1 Å². The van der Waals surface area contributed by atoms with Crippen molar-refractivity contribution in [2.24, 2.45) is 5.92 Å². The summed E-state index contributed by atoms with van der Waals surface area (Å²) in [5, 5.41) is 3.78. The smallest absolute Gasteiger partial charge is 0.0198 e. The van der Waals surface area contributed by atoms with Gasteiger partial charge in [0.2, 0.25) is 0 Å². The first kappa shape index (κ1) is 13.7. The highest BCUT2D eigenvalue weighted by Gasteiger charge is 2.21. The van der Waals surface area contributed by atoms with Gasteiger partial charge in [-0.2, -0.15) is 0 Å². The Morgan fingerprint density at radius 3 is 2.88 bits per heavy atom. The van der Waals surface area contributed by atoms with E-state index in [2.05, 4.69) is 37.6 Å². The fourth-order valence-electron chi connectivity index (χ4n) is 2.48. The Bertz CT molecular complexity index is 203. The van der Waals surface area contributed by atoms with Gasteiger partial charge in [0.25, 0.3) is 0 Å². The molecule has 1 N–H and O–H groups in total. The highest BCUT2D eigenvalue weighted by molar-refractivity contribution is 4.83. The van der Waals surface area contributed by atoms with Crippen molar-refractivity contribution in [1.82, 2.24) is 10.2 Å². The Balaban J connectivity index is 2.32. The molecule has 1 aliphatic rings. The van der Waals surface area contributed by atoms with Crippen LogP contribution in [0.3, 0.4) is 0 Å². The first-order valence-corrected chi connectivity index (χ1v) is 6.76. The highest BCUT2D eigenvalue weighted by Crippen LogP contribution is 2.14. The SMILES string of the molecule is C=CCC(C)C(C)NC1CCCN(CC)C1. The molecular formula is C14H28N2. The Morgan fingerprint density at radius 2 is 2.25 bits per heavy atom. The summed E-state index contributed by atoms with van der Waals surface area (Å²) in [4.78, 5) is 2.55. The molecule has 0 radical (unpaired) electrons. The predicted octanol–water partition coefficient (Wildman–Crippen LogP) is 2.66. The van der Waals surface area contributed by atoms with Gasteiger partial charge < -0.3 is 10.2 Å². The van der Waals surface area contributed by atoms with Gasteiger partial charge in [0, 0.05) is 18.6 Å². The minimum atomic E-state index is 0.597. The molecule has 3 unspecified atom stereocenters. The molecule has 1 saturated heterocycles. The molecule has 0 aromatic rings. The Labute approximate surface area is 101 Å². The number of piperidine rings is 1. The summed E-state index contributed by atoms with van der Waals surface area (Å²) in [5.74, 6) is 0.689. The van der Waals surface area contributed by atoms with E-state index < -0.39 is 0 Å². The highest BCUT2D eigenvalue weighted by atomic mass is 15.2. The number of nitrogens with one attached hydrogen (secondary N) is 1. The molecule has 1 fully saturated rings. The monoisotopic (exact) mass is 224 g/mol. The third kappa shape index (κ3) is 4.26. The normalized spacial score (nSPS) is 26.3. The molecule has 2 nitrogen and oxygen atoms in total. The van der Waals surface area contributed by atoms with Crippen molar-refractivity contribution < 1.29 is 0 Å². The average molecular weight is 224 g/mol. The van der Waals surface area contributed by atoms with Crippen LogP contribution in [0.25, 0.3) is 0 Å². The van der Waals surface area contributed by atoms with E-state index in [9.17, 15) is 0 Å². The lowest BCUT2D eigenvalue weighted by atomic mass is 9.97. The van der Waals surface area contributed by atoms with Gasteiger partial charge in [0.1, 0.15) is 0 Å². The summed E-state index contributed by atoms with van der Waals surface area (Å²) < 4.78 is 0. The van der Waals surface area contributed by atoms with E-state index in [1.165, 1.54) is 32.5 Å². The third-order valence-corrected chi connectivity index (χ3v) is 3.84. The first-order chi connectivity index (χ1) is 7.67. The lowest BCUT2D eigenvalue weighted by Crippen LogP contribution is -2.49. The van der Waals surface area contributed by atoms with Gasteiger partial charge in [-0.15, -0.1) is 6.58 Å². The van der Waals surface area contributed by atoms with Gasteiger partial charge in [-0.1, -0.05) is 19.9 Å². The van der Waals surface area contributed by atoms with Crippen LogP contribution in [0, 0.1) is 5.92 Å². The molecule has 1 rings (SSSR count). The summed E-state index contributed by atoms with van der Waals surface area (Å²) in [7, 11) is 0. The first-order valence-electron chi connectivity index (χ1n) is 6.76. The average Bonchev–Trinajstić information content (AvgIpc) is 2.29. The van der Waals surface area contributed by atoms with Crippen LogP contribution in [0.2, 0.25) is 0 Å². The summed E-state index contributed by atoms with van der Waals surface area (Å²) in [6, 6.07) is 1.29. The molecule has 3 atom stereocenters. The maximum Gasteiger partial charge on any atom is 0.0198 e. The van der Waals surface area contributed by atoms with E-state index in [4.69, 9.17) is 0 Å². The molecule has 0 spiro atoms. The molecule has 0 amide bonds.